The number of hydrogen-bond acceptors (Lipinski definition) is 2. The SMILES string of the molecule is N#CC1CCCCC1CC(=O)O. The predicted octanol–water partition coefficient (Wildman–Crippen LogP) is 1.79. The lowest BCUT2D eigenvalue weighted by Gasteiger charge is -2.24. The van der Waals surface area contributed by atoms with E-state index < -0.39 is 5.97 Å². The summed E-state index contributed by atoms with van der Waals surface area (Å²) in [6.45, 7) is 0. The first-order chi connectivity index (χ1) is 5.74. The van der Waals surface area contributed by atoms with Crippen molar-refractivity contribution in [3.63, 3.8) is 0 Å². The monoisotopic (exact) mass is 167 g/mol. The molecule has 0 aromatic carbocycles. The Bertz CT molecular complexity index is 207. The number of nitriles is 1. The molecule has 0 bridgehead atoms. The van der Waals surface area contributed by atoms with E-state index in [4.69, 9.17) is 10.4 Å². The van der Waals surface area contributed by atoms with Gasteiger partial charge >= 0.3 is 5.97 Å². The third kappa shape index (κ3) is 2.23. The van der Waals surface area contributed by atoms with Crippen molar-refractivity contribution in [1.82, 2.24) is 0 Å². The highest BCUT2D eigenvalue weighted by Crippen LogP contribution is 2.31. The molecule has 0 amide bonds. The van der Waals surface area contributed by atoms with Gasteiger partial charge in [0, 0.05) is 12.3 Å². The lowest BCUT2D eigenvalue weighted by molar-refractivity contribution is -0.138. The van der Waals surface area contributed by atoms with E-state index in [1.54, 1.807) is 0 Å². The van der Waals surface area contributed by atoms with Crippen LogP contribution in [0.3, 0.4) is 0 Å². The van der Waals surface area contributed by atoms with E-state index in [1.807, 2.05) is 0 Å². The zero-order valence-corrected chi connectivity index (χ0v) is 6.99. The van der Waals surface area contributed by atoms with E-state index in [2.05, 4.69) is 6.07 Å². The third-order valence-corrected chi connectivity index (χ3v) is 2.51. The first-order valence-corrected chi connectivity index (χ1v) is 4.35. The molecular weight excluding hydrogens is 154 g/mol. The number of carboxylic acid groups (broad SMARTS) is 1. The molecule has 0 aromatic heterocycles. The Balaban J connectivity index is 2.48. The zero-order valence-electron chi connectivity index (χ0n) is 6.99. The van der Waals surface area contributed by atoms with Crippen molar-refractivity contribution in [2.24, 2.45) is 11.8 Å². The lowest BCUT2D eigenvalue weighted by atomic mass is 9.78. The highest BCUT2D eigenvalue weighted by atomic mass is 16.4. The molecule has 0 aliphatic heterocycles. The second-order valence-corrected chi connectivity index (χ2v) is 3.38. The van der Waals surface area contributed by atoms with Crippen molar-refractivity contribution in [2.45, 2.75) is 32.1 Å². The number of carboxylic acids is 1. The van der Waals surface area contributed by atoms with Crippen LogP contribution in [0.15, 0.2) is 0 Å². The molecule has 3 nitrogen and oxygen atoms in total. The topological polar surface area (TPSA) is 61.1 Å². The van der Waals surface area contributed by atoms with E-state index in [9.17, 15) is 4.79 Å². The van der Waals surface area contributed by atoms with Gasteiger partial charge in [-0.25, -0.2) is 0 Å². The molecule has 1 fully saturated rings. The fourth-order valence-corrected chi connectivity index (χ4v) is 1.85. The Hall–Kier alpha value is -1.04. The summed E-state index contributed by atoms with van der Waals surface area (Å²) < 4.78 is 0. The van der Waals surface area contributed by atoms with Crippen molar-refractivity contribution in [3.05, 3.63) is 0 Å². The maximum atomic E-state index is 10.4. The van der Waals surface area contributed by atoms with Gasteiger partial charge in [0.25, 0.3) is 0 Å². The number of aliphatic carboxylic acids is 1. The first kappa shape index (κ1) is 9.05. The highest BCUT2D eigenvalue weighted by Gasteiger charge is 2.26. The molecule has 0 spiro atoms. The molecule has 0 aromatic rings. The maximum absolute atomic E-state index is 10.4. The quantitative estimate of drug-likeness (QED) is 0.682. The summed E-state index contributed by atoms with van der Waals surface area (Å²) in [4.78, 5) is 10.4. The van der Waals surface area contributed by atoms with Crippen molar-refractivity contribution >= 4 is 5.97 Å². The zero-order chi connectivity index (χ0) is 8.97. The molecule has 1 rings (SSSR count). The van der Waals surface area contributed by atoms with Crippen molar-refractivity contribution in [3.8, 4) is 6.07 Å². The summed E-state index contributed by atoms with van der Waals surface area (Å²) in [5, 5.41) is 17.3. The Labute approximate surface area is 72.0 Å². The number of nitrogens with zero attached hydrogens (tertiary/aromatic N) is 1. The fraction of sp³-hybridized carbons (Fsp3) is 0.778. The molecule has 3 heteroatoms. The van der Waals surface area contributed by atoms with Gasteiger partial charge in [-0.1, -0.05) is 12.8 Å². The van der Waals surface area contributed by atoms with Gasteiger partial charge < -0.3 is 5.11 Å². The largest absolute Gasteiger partial charge is 0.481 e. The predicted molar refractivity (Wildman–Crippen MR) is 43.3 cm³/mol. The molecule has 0 heterocycles. The van der Waals surface area contributed by atoms with Crippen molar-refractivity contribution in [1.29, 1.82) is 5.26 Å². The molecular formula is C9H13NO2. The number of hydrogen-bond donors (Lipinski definition) is 1. The summed E-state index contributed by atoms with van der Waals surface area (Å²) in [7, 11) is 0. The number of rotatable bonds is 2. The van der Waals surface area contributed by atoms with E-state index in [0.717, 1.165) is 25.7 Å². The first-order valence-electron chi connectivity index (χ1n) is 4.35. The highest BCUT2D eigenvalue weighted by molar-refractivity contribution is 5.67. The molecule has 12 heavy (non-hydrogen) atoms. The lowest BCUT2D eigenvalue weighted by Crippen LogP contribution is -2.20. The molecule has 1 aliphatic rings. The minimum absolute atomic E-state index is 0.0187. The van der Waals surface area contributed by atoms with Crippen molar-refractivity contribution in [2.75, 3.05) is 0 Å². The second-order valence-electron chi connectivity index (χ2n) is 3.38. The van der Waals surface area contributed by atoms with Crippen LogP contribution in [-0.4, -0.2) is 11.1 Å². The number of carbonyl (C=O) groups is 1. The van der Waals surface area contributed by atoms with E-state index in [0.29, 0.717) is 0 Å². The normalized spacial score (nSPS) is 29.2. The minimum Gasteiger partial charge on any atom is -0.481 e. The fourth-order valence-electron chi connectivity index (χ4n) is 1.85. The van der Waals surface area contributed by atoms with Gasteiger partial charge in [-0.2, -0.15) is 5.26 Å². The van der Waals surface area contributed by atoms with E-state index in [-0.39, 0.29) is 18.3 Å². The Morgan fingerprint density at radius 1 is 1.50 bits per heavy atom. The van der Waals surface area contributed by atoms with Crippen molar-refractivity contribution < 1.29 is 9.90 Å². The van der Waals surface area contributed by atoms with Crippen LogP contribution < -0.4 is 0 Å². The van der Waals surface area contributed by atoms with Crippen LogP contribution in [0.1, 0.15) is 32.1 Å². The molecule has 0 saturated heterocycles. The Morgan fingerprint density at radius 3 is 2.75 bits per heavy atom. The molecule has 1 aliphatic carbocycles. The van der Waals surface area contributed by atoms with Gasteiger partial charge in [-0.05, 0) is 18.8 Å². The molecule has 1 saturated carbocycles. The Kier molecular flexibility index (Phi) is 3.09. The van der Waals surface area contributed by atoms with Crippen LogP contribution >= 0.6 is 0 Å². The minimum atomic E-state index is -0.776. The van der Waals surface area contributed by atoms with Crippen LogP contribution in [0, 0.1) is 23.2 Å². The summed E-state index contributed by atoms with van der Waals surface area (Å²) in [5.74, 6) is -0.696. The van der Waals surface area contributed by atoms with E-state index in [1.165, 1.54) is 0 Å². The molecule has 1 N–H and O–H groups in total. The van der Waals surface area contributed by atoms with Gasteiger partial charge in [0.15, 0.2) is 0 Å². The Morgan fingerprint density at radius 2 is 2.17 bits per heavy atom. The van der Waals surface area contributed by atoms with Crippen LogP contribution in [0.2, 0.25) is 0 Å². The molecule has 66 valence electrons. The van der Waals surface area contributed by atoms with Gasteiger partial charge in [-0.15, -0.1) is 0 Å². The molecule has 0 radical (unpaired) electrons. The summed E-state index contributed by atoms with van der Waals surface area (Å²) in [6, 6.07) is 2.20. The van der Waals surface area contributed by atoms with Gasteiger partial charge in [0.2, 0.25) is 0 Å². The second kappa shape index (κ2) is 4.10. The summed E-state index contributed by atoms with van der Waals surface area (Å²) >= 11 is 0. The van der Waals surface area contributed by atoms with Gasteiger partial charge in [-0.3, -0.25) is 4.79 Å². The summed E-state index contributed by atoms with van der Waals surface area (Å²) in [5.41, 5.74) is 0. The van der Waals surface area contributed by atoms with Crippen LogP contribution in [-0.2, 0) is 4.79 Å². The molecule has 2 unspecified atom stereocenters. The van der Waals surface area contributed by atoms with E-state index >= 15 is 0 Å². The molecule has 2 atom stereocenters. The van der Waals surface area contributed by atoms with Gasteiger partial charge in [0.05, 0.1) is 6.07 Å². The average molecular weight is 167 g/mol. The standard InChI is InChI=1S/C9H13NO2/c10-6-8-4-2-1-3-7(8)5-9(11)12/h7-8H,1-5H2,(H,11,12). The van der Waals surface area contributed by atoms with Crippen LogP contribution in [0.5, 0.6) is 0 Å². The van der Waals surface area contributed by atoms with Crippen LogP contribution in [0.4, 0.5) is 0 Å². The van der Waals surface area contributed by atoms with Gasteiger partial charge in [0.1, 0.15) is 0 Å². The third-order valence-electron chi connectivity index (χ3n) is 2.51. The average Bonchev–Trinajstić information content (AvgIpc) is 2.04. The maximum Gasteiger partial charge on any atom is 0.303 e. The van der Waals surface area contributed by atoms with Crippen LogP contribution in [0.25, 0.3) is 0 Å². The summed E-state index contributed by atoms with van der Waals surface area (Å²) in [6.07, 6.45) is 4.11. The smallest absolute Gasteiger partial charge is 0.303 e.